The second kappa shape index (κ2) is 12.7. The predicted molar refractivity (Wildman–Crippen MR) is 104 cm³/mol. The van der Waals surface area contributed by atoms with Gasteiger partial charge in [-0.15, -0.1) is 0 Å². The van der Waals surface area contributed by atoms with Crippen molar-refractivity contribution in [1.82, 2.24) is 0 Å². The molecule has 0 spiro atoms. The van der Waals surface area contributed by atoms with Gasteiger partial charge in [0.25, 0.3) is 0 Å². The van der Waals surface area contributed by atoms with E-state index in [9.17, 15) is 4.79 Å². The number of esters is 1. The zero-order valence-electron chi connectivity index (χ0n) is 17.0. The Kier molecular flexibility index (Phi) is 10.6. The standard InChI is InChI=1S/C22H40O4/c1-3-5-11-14-18-20(25-18)17-21-19(26-21)15-12-9-7-6-8-10-13-16-22(23)24-4-2/h18-21H,3-17H2,1-2H3/t18-,19+,20-,21-/m1/s1. The van der Waals surface area contributed by atoms with E-state index < -0.39 is 0 Å². The Morgan fingerprint density at radius 2 is 1.27 bits per heavy atom. The van der Waals surface area contributed by atoms with E-state index in [0.29, 0.717) is 37.4 Å². The first kappa shape index (κ1) is 21.7. The number of ether oxygens (including phenoxy) is 3. The monoisotopic (exact) mass is 368 g/mol. The van der Waals surface area contributed by atoms with Crippen LogP contribution in [0.25, 0.3) is 0 Å². The van der Waals surface area contributed by atoms with E-state index in [2.05, 4.69) is 6.92 Å². The fourth-order valence-electron chi connectivity index (χ4n) is 3.84. The fraction of sp³-hybridized carbons (Fsp3) is 0.955. The molecule has 2 saturated heterocycles. The van der Waals surface area contributed by atoms with Crippen LogP contribution < -0.4 is 0 Å². The molecule has 152 valence electrons. The molecule has 0 N–H and O–H groups in total. The van der Waals surface area contributed by atoms with Gasteiger partial charge in [-0.05, 0) is 26.2 Å². The van der Waals surface area contributed by atoms with Crippen molar-refractivity contribution in [3.05, 3.63) is 0 Å². The first-order chi connectivity index (χ1) is 12.7. The number of hydrogen-bond donors (Lipinski definition) is 0. The van der Waals surface area contributed by atoms with E-state index in [1.165, 1.54) is 64.2 Å². The third kappa shape index (κ3) is 9.36. The van der Waals surface area contributed by atoms with Gasteiger partial charge in [0.15, 0.2) is 0 Å². The van der Waals surface area contributed by atoms with Crippen molar-refractivity contribution in [3.8, 4) is 0 Å². The molecule has 2 aliphatic rings. The first-order valence-electron chi connectivity index (χ1n) is 11.2. The molecule has 2 rings (SSSR count). The summed E-state index contributed by atoms with van der Waals surface area (Å²) in [6.45, 7) is 4.61. The number of epoxide rings is 2. The molecule has 0 aromatic rings. The zero-order chi connectivity index (χ0) is 18.6. The molecule has 0 aliphatic carbocycles. The molecule has 2 aliphatic heterocycles. The molecule has 0 saturated carbocycles. The van der Waals surface area contributed by atoms with Crippen LogP contribution in [0.3, 0.4) is 0 Å². The van der Waals surface area contributed by atoms with Crippen molar-refractivity contribution in [2.24, 2.45) is 0 Å². The molecule has 0 radical (unpaired) electrons. The summed E-state index contributed by atoms with van der Waals surface area (Å²) in [7, 11) is 0. The van der Waals surface area contributed by atoms with E-state index in [-0.39, 0.29) is 5.97 Å². The van der Waals surface area contributed by atoms with E-state index in [1.54, 1.807) is 0 Å². The number of rotatable bonds is 17. The van der Waals surface area contributed by atoms with Crippen LogP contribution in [0.2, 0.25) is 0 Å². The lowest BCUT2D eigenvalue weighted by Gasteiger charge is -2.02. The Hall–Kier alpha value is -0.610. The molecule has 0 amide bonds. The Morgan fingerprint density at radius 1 is 0.731 bits per heavy atom. The van der Waals surface area contributed by atoms with Crippen LogP contribution in [0.4, 0.5) is 0 Å². The molecule has 26 heavy (non-hydrogen) atoms. The van der Waals surface area contributed by atoms with Gasteiger partial charge in [-0.2, -0.15) is 0 Å². The highest BCUT2D eigenvalue weighted by atomic mass is 16.6. The molecule has 0 bridgehead atoms. The van der Waals surface area contributed by atoms with Crippen molar-refractivity contribution in [2.45, 2.75) is 128 Å². The van der Waals surface area contributed by atoms with E-state index >= 15 is 0 Å². The minimum atomic E-state index is -0.0460. The number of carbonyl (C=O) groups excluding carboxylic acids is 1. The molecule has 0 aromatic carbocycles. The summed E-state index contributed by atoms with van der Waals surface area (Å²) >= 11 is 0. The molecule has 4 nitrogen and oxygen atoms in total. The van der Waals surface area contributed by atoms with Crippen LogP contribution in [0.1, 0.15) is 104 Å². The van der Waals surface area contributed by atoms with Crippen LogP contribution in [0, 0.1) is 0 Å². The summed E-state index contributed by atoms with van der Waals surface area (Å²) < 4.78 is 16.5. The fourth-order valence-corrected chi connectivity index (χ4v) is 3.84. The summed E-state index contributed by atoms with van der Waals surface area (Å²) in [6, 6.07) is 0. The molecule has 4 atom stereocenters. The van der Waals surface area contributed by atoms with E-state index in [1.807, 2.05) is 6.92 Å². The number of unbranched alkanes of at least 4 members (excludes halogenated alkanes) is 8. The van der Waals surface area contributed by atoms with Gasteiger partial charge >= 0.3 is 5.97 Å². The summed E-state index contributed by atoms with van der Waals surface area (Å²) in [6.07, 6.45) is 18.7. The Bertz CT molecular complexity index is 384. The Balaban J connectivity index is 1.31. The lowest BCUT2D eigenvalue weighted by atomic mass is 10.0. The van der Waals surface area contributed by atoms with Crippen molar-refractivity contribution < 1.29 is 19.0 Å². The lowest BCUT2D eigenvalue weighted by molar-refractivity contribution is -0.143. The lowest BCUT2D eigenvalue weighted by Crippen LogP contribution is -2.03. The quantitative estimate of drug-likeness (QED) is 0.191. The Morgan fingerprint density at radius 3 is 1.85 bits per heavy atom. The highest BCUT2D eigenvalue weighted by Crippen LogP contribution is 2.39. The van der Waals surface area contributed by atoms with Gasteiger partial charge in [0.05, 0.1) is 31.0 Å². The minimum Gasteiger partial charge on any atom is -0.466 e. The van der Waals surface area contributed by atoms with Crippen molar-refractivity contribution in [2.75, 3.05) is 6.61 Å². The Labute approximate surface area is 160 Å². The molecule has 0 aromatic heterocycles. The van der Waals surface area contributed by atoms with Crippen molar-refractivity contribution in [1.29, 1.82) is 0 Å². The summed E-state index contributed by atoms with van der Waals surface area (Å²) in [5.74, 6) is -0.0460. The van der Waals surface area contributed by atoms with Crippen LogP contribution in [-0.4, -0.2) is 37.0 Å². The normalized spacial score (nSPS) is 26.7. The first-order valence-corrected chi connectivity index (χ1v) is 11.2. The predicted octanol–water partition coefficient (Wildman–Crippen LogP) is 5.57. The SMILES string of the molecule is CCCCC[C@H]1O[C@@H]1C[C@H]1O[C@H]1CCCCCCCCCC(=O)OCC. The highest BCUT2D eigenvalue weighted by Gasteiger charge is 2.47. The minimum absolute atomic E-state index is 0.0460. The van der Waals surface area contributed by atoms with Crippen molar-refractivity contribution in [3.63, 3.8) is 0 Å². The van der Waals surface area contributed by atoms with Crippen LogP contribution in [0.15, 0.2) is 0 Å². The topological polar surface area (TPSA) is 51.4 Å². The third-order valence-corrected chi connectivity index (χ3v) is 5.61. The van der Waals surface area contributed by atoms with Gasteiger partial charge in [-0.25, -0.2) is 0 Å². The maximum atomic E-state index is 11.2. The van der Waals surface area contributed by atoms with Gasteiger partial charge < -0.3 is 14.2 Å². The van der Waals surface area contributed by atoms with Gasteiger partial charge in [0.2, 0.25) is 0 Å². The second-order valence-corrected chi connectivity index (χ2v) is 7.98. The van der Waals surface area contributed by atoms with Crippen LogP contribution >= 0.6 is 0 Å². The average molecular weight is 369 g/mol. The second-order valence-electron chi connectivity index (χ2n) is 7.98. The number of hydrogen-bond acceptors (Lipinski definition) is 4. The highest BCUT2D eigenvalue weighted by molar-refractivity contribution is 5.69. The van der Waals surface area contributed by atoms with Gasteiger partial charge in [-0.3, -0.25) is 4.79 Å². The number of carbonyl (C=O) groups is 1. The molecule has 2 fully saturated rings. The van der Waals surface area contributed by atoms with E-state index in [4.69, 9.17) is 14.2 Å². The molecule has 0 unspecified atom stereocenters. The smallest absolute Gasteiger partial charge is 0.305 e. The van der Waals surface area contributed by atoms with Crippen LogP contribution in [0.5, 0.6) is 0 Å². The van der Waals surface area contributed by atoms with E-state index in [0.717, 1.165) is 19.3 Å². The van der Waals surface area contributed by atoms with Gasteiger partial charge in [-0.1, -0.05) is 64.7 Å². The van der Waals surface area contributed by atoms with Gasteiger partial charge in [0, 0.05) is 12.8 Å². The average Bonchev–Trinajstić information content (AvgIpc) is 3.53. The third-order valence-electron chi connectivity index (χ3n) is 5.61. The molecule has 4 heteroatoms. The summed E-state index contributed by atoms with van der Waals surface area (Å²) in [4.78, 5) is 11.2. The molecular formula is C22H40O4. The summed E-state index contributed by atoms with van der Waals surface area (Å²) in [5, 5.41) is 0. The summed E-state index contributed by atoms with van der Waals surface area (Å²) in [5.41, 5.74) is 0. The van der Waals surface area contributed by atoms with Crippen LogP contribution in [-0.2, 0) is 19.0 Å². The van der Waals surface area contributed by atoms with Gasteiger partial charge in [0.1, 0.15) is 0 Å². The molecule has 2 heterocycles. The van der Waals surface area contributed by atoms with Crippen molar-refractivity contribution >= 4 is 5.97 Å². The largest absolute Gasteiger partial charge is 0.466 e. The molecular weight excluding hydrogens is 328 g/mol. The maximum Gasteiger partial charge on any atom is 0.305 e. The zero-order valence-corrected chi connectivity index (χ0v) is 17.0. The maximum absolute atomic E-state index is 11.2.